The highest BCUT2D eigenvalue weighted by atomic mass is 35.5. The van der Waals surface area contributed by atoms with Gasteiger partial charge in [0.1, 0.15) is 44.0 Å². The van der Waals surface area contributed by atoms with E-state index in [9.17, 15) is 35.2 Å². The molecule has 0 aliphatic carbocycles. The number of nitrogens with two attached hydrogens (primary N) is 3. The van der Waals surface area contributed by atoms with Gasteiger partial charge in [-0.15, -0.1) is 0 Å². The van der Waals surface area contributed by atoms with Crippen LogP contribution < -0.4 is 22.5 Å². The Morgan fingerprint density at radius 1 is 0.714 bits per heavy atom. The summed E-state index contributed by atoms with van der Waals surface area (Å²) >= 11 is 5.73. The predicted molar refractivity (Wildman–Crippen MR) is 180 cm³/mol. The number of anilines is 3. The third-order valence-electron chi connectivity index (χ3n) is 5.88. The van der Waals surface area contributed by atoms with Crippen LogP contribution in [0.3, 0.4) is 0 Å². The molecule has 0 saturated heterocycles. The Bertz CT molecular complexity index is 2080. The molecule has 49 heavy (non-hydrogen) atoms. The Hall–Kier alpha value is -4.89. The van der Waals surface area contributed by atoms with E-state index in [0.29, 0.717) is 0 Å². The van der Waals surface area contributed by atoms with Crippen molar-refractivity contribution in [2.24, 2.45) is 5.73 Å². The molecule has 0 unspecified atom stereocenters. The van der Waals surface area contributed by atoms with Gasteiger partial charge in [-0.05, 0) is 24.3 Å². The van der Waals surface area contributed by atoms with Gasteiger partial charge in [0.15, 0.2) is 0 Å². The van der Waals surface area contributed by atoms with Crippen LogP contribution >= 0.6 is 11.6 Å². The molecule has 0 aliphatic heterocycles. The summed E-state index contributed by atoms with van der Waals surface area (Å²) < 4.78 is 78.7. The molecular weight excluding hydrogens is 710 g/mol. The molecule has 2 amide bonds. The fourth-order valence-corrected chi connectivity index (χ4v) is 5.69. The first-order valence-electron chi connectivity index (χ1n) is 13.5. The van der Waals surface area contributed by atoms with Gasteiger partial charge in [-0.25, -0.2) is 54.2 Å². The van der Waals surface area contributed by atoms with Crippen LogP contribution in [0, 0.1) is 11.6 Å². The van der Waals surface area contributed by atoms with Gasteiger partial charge in [-0.1, -0.05) is 11.6 Å². The second-order valence-corrected chi connectivity index (χ2v) is 14.7. The van der Waals surface area contributed by atoms with Crippen molar-refractivity contribution in [3.63, 3.8) is 0 Å². The highest BCUT2D eigenvalue weighted by Crippen LogP contribution is 2.30. The standard InChI is InChI=1S/C14H16FN5O3S.C12H12ClFN4O2S.C2H5NO/c1-8(21)19-13-5-10(11(15)7-17-13)9-4-12(14(16)18-6-9)24(22,23)20(2)3;1-18(2)21(19,20)10-3-7(5-17-12(10)15)8-4-11(13)16-6-9(8)14;1-2(3)4/h4-7H,1-3H3,(H2,16,18)(H,17,19,21);3-6H,1-2H3,(H2,15,17);1H3,(H2,3,4). The molecule has 264 valence electrons. The number of carbonyl (C=O) groups excluding carboxylic acids is 2. The molecule has 0 aliphatic rings. The molecule has 4 rings (SSSR count). The molecule has 0 saturated carbocycles. The largest absolute Gasteiger partial charge is 0.383 e. The maximum absolute atomic E-state index is 14.1. The predicted octanol–water partition coefficient (Wildman–Crippen LogP) is 2.33. The zero-order valence-corrected chi connectivity index (χ0v) is 29.3. The molecule has 7 N–H and O–H groups in total. The number of nitrogen functional groups attached to an aromatic ring is 2. The number of hydrogen-bond acceptors (Lipinski definition) is 12. The maximum atomic E-state index is 14.1. The van der Waals surface area contributed by atoms with Crippen LogP contribution in [0.15, 0.2) is 58.8 Å². The topological polar surface area (TPSA) is 251 Å². The van der Waals surface area contributed by atoms with E-state index in [-0.39, 0.29) is 66.5 Å². The Morgan fingerprint density at radius 2 is 1.10 bits per heavy atom. The summed E-state index contributed by atoms with van der Waals surface area (Å²) in [7, 11) is -2.19. The third-order valence-corrected chi connectivity index (χ3v) is 9.78. The number of rotatable bonds is 7. The molecule has 0 atom stereocenters. The number of sulfonamides is 2. The minimum absolute atomic E-state index is 0.0384. The summed E-state index contributed by atoms with van der Waals surface area (Å²) in [4.78, 5) is 34.9. The number of nitrogens with zero attached hydrogens (tertiary/aromatic N) is 6. The molecule has 0 fully saturated rings. The van der Waals surface area contributed by atoms with E-state index >= 15 is 0 Å². The SMILES string of the molecule is CC(=O)Nc1cc(-c2cnc(N)c(S(=O)(=O)N(C)C)c2)c(F)cn1.CC(N)=O.CN(C)S(=O)(=O)c1cc(-c2cc(Cl)ncc2F)cnc1N. The van der Waals surface area contributed by atoms with Gasteiger partial charge in [0, 0.05) is 76.7 Å². The van der Waals surface area contributed by atoms with Crippen LogP contribution in [0.4, 0.5) is 26.2 Å². The molecule has 0 aromatic carbocycles. The van der Waals surface area contributed by atoms with Crippen LogP contribution in [0.2, 0.25) is 5.15 Å². The van der Waals surface area contributed by atoms with Crippen LogP contribution in [0.5, 0.6) is 0 Å². The fourth-order valence-electron chi connectivity index (χ4n) is 3.55. The van der Waals surface area contributed by atoms with Gasteiger partial charge >= 0.3 is 0 Å². The van der Waals surface area contributed by atoms with Crippen molar-refractivity contribution >= 4 is 60.9 Å². The average Bonchev–Trinajstić information content (AvgIpc) is 2.99. The van der Waals surface area contributed by atoms with Gasteiger partial charge < -0.3 is 22.5 Å². The number of nitrogens with one attached hydrogen (secondary N) is 1. The van der Waals surface area contributed by atoms with Gasteiger partial charge in [0.05, 0.1) is 12.4 Å². The third kappa shape index (κ3) is 10.5. The van der Waals surface area contributed by atoms with Crippen molar-refractivity contribution in [3.05, 3.63) is 65.8 Å². The average molecular weight is 743 g/mol. The Balaban J connectivity index is 0.000000309. The number of aromatic nitrogens is 4. The zero-order chi connectivity index (χ0) is 37.4. The lowest BCUT2D eigenvalue weighted by atomic mass is 10.1. The highest BCUT2D eigenvalue weighted by Gasteiger charge is 2.24. The lowest BCUT2D eigenvalue weighted by Crippen LogP contribution is -2.23. The van der Waals surface area contributed by atoms with Crippen LogP contribution in [0.1, 0.15) is 13.8 Å². The van der Waals surface area contributed by atoms with Crippen LogP contribution in [-0.2, 0) is 29.6 Å². The number of amides is 2. The van der Waals surface area contributed by atoms with Crippen molar-refractivity contribution in [3.8, 4) is 22.3 Å². The van der Waals surface area contributed by atoms with Crippen LogP contribution in [0.25, 0.3) is 22.3 Å². The van der Waals surface area contributed by atoms with Crippen LogP contribution in [-0.4, -0.2) is 85.4 Å². The van der Waals surface area contributed by atoms with Crippen molar-refractivity contribution in [2.45, 2.75) is 23.6 Å². The second-order valence-electron chi connectivity index (χ2n) is 10.1. The van der Waals surface area contributed by atoms with E-state index in [4.69, 9.17) is 23.1 Å². The first kappa shape index (κ1) is 40.3. The van der Waals surface area contributed by atoms with Gasteiger partial charge in [-0.2, -0.15) is 0 Å². The zero-order valence-electron chi connectivity index (χ0n) is 26.9. The maximum Gasteiger partial charge on any atom is 0.246 e. The van der Waals surface area contributed by atoms with Gasteiger partial charge in [0.25, 0.3) is 0 Å². The summed E-state index contributed by atoms with van der Waals surface area (Å²) in [5, 5.41) is 2.51. The molecule has 0 spiro atoms. The summed E-state index contributed by atoms with van der Waals surface area (Å²) in [6, 6.07) is 5.06. The van der Waals surface area contributed by atoms with Gasteiger partial charge in [-0.3, -0.25) is 9.59 Å². The Morgan fingerprint density at radius 3 is 1.49 bits per heavy atom. The molecule has 4 heterocycles. The van der Waals surface area contributed by atoms with E-state index in [1.54, 1.807) is 0 Å². The summed E-state index contributed by atoms with van der Waals surface area (Å²) in [6.07, 6.45) is 4.41. The molecule has 16 nitrogen and oxygen atoms in total. The van der Waals surface area contributed by atoms with E-state index < -0.39 is 31.7 Å². The molecule has 0 bridgehead atoms. The molecule has 21 heteroatoms. The van der Waals surface area contributed by atoms with E-state index in [1.807, 2.05) is 0 Å². The second kappa shape index (κ2) is 16.5. The normalized spacial score (nSPS) is 11.2. The quantitative estimate of drug-likeness (QED) is 0.199. The van der Waals surface area contributed by atoms with E-state index in [1.165, 1.54) is 78.7 Å². The first-order chi connectivity index (χ1) is 22.6. The molecule has 0 radical (unpaired) electrons. The number of pyridine rings is 4. The highest BCUT2D eigenvalue weighted by molar-refractivity contribution is 7.89. The number of halogens is 3. The van der Waals surface area contributed by atoms with Crippen molar-refractivity contribution in [2.75, 3.05) is 45.0 Å². The van der Waals surface area contributed by atoms with Gasteiger partial charge in [0.2, 0.25) is 31.9 Å². The minimum Gasteiger partial charge on any atom is -0.383 e. The minimum atomic E-state index is -3.84. The fraction of sp³-hybridized carbons (Fsp3) is 0.214. The monoisotopic (exact) mass is 742 g/mol. The lowest BCUT2D eigenvalue weighted by Gasteiger charge is -2.14. The number of hydrogen-bond donors (Lipinski definition) is 4. The smallest absolute Gasteiger partial charge is 0.246 e. The lowest BCUT2D eigenvalue weighted by molar-refractivity contribution is -0.116. The van der Waals surface area contributed by atoms with E-state index in [2.05, 4.69) is 31.0 Å². The van der Waals surface area contributed by atoms with Crippen molar-refractivity contribution in [1.29, 1.82) is 0 Å². The van der Waals surface area contributed by atoms with E-state index in [0.717, 1.165) is 21.0 Å². The summed E-state index contributed by atoms with van der Waals surface area (Å²) in [5.74, 6) is -2.25. The van der Waals surface area contributed by atoms with Crippen molar-refractivity contribution in [1.82, 2.24) is 28.5 Å². The van der Waals surface area contributed by atoms with Crippen molar-refractivity contribution < 1.29 is 35.2 Å². The Kier molecular flexibility index (Phi) is 13.5. The Labute approximate surface area is 286 Å². The molecule has 4 aromatic heterocycles. The summed E-state index contributed by atoms with van der Waals surface area (Å²) in [6.45, 7) is 2.59. The summed E-state index contributed by atoms with van der Waals surface area (Å²) in [5.41, 5.74) is 16.3. The molecular formula is C28H33ClF2N10O6S2. The number of carbonyl (C=O) groups is 2. The molecule has 4 aromatic rings. The number of primary amides is 1. The first-order valence-corrected chi connectivity index (χ1v) is 16.7.